The van der Waals surface area contributed by atoms with E-state index in [1.165, 1.54) is 14.0 Å². The molecule has 3 aromatic carbocycles. The maximum absolute atomic E-state index is 13.8. The van der Waals surface area contributed by atoms with Gasteiger partial charge in [0, 0.05) is 24.6 Å². The molecule has 0 radical (unpaired) electrons. The van der Waals surface area contributed by atoms with Crippen LogP contribution in [0.1, 0.15) is 42.9 Å². The van der Waals surface area contributed by atoms with Crippen LogP contribution in [0.2, 0.25) is 0 Å². The van der Waals surface area contributed by atoms with Gasteiger partial charge in [0.05, 0.1) is 24.5 Å². The van der Waals surface area contributed by atoms with E-state index in [1.54, 1.807) is 6.07 Å². The van der Waals surface area contributed by atoms with Gasteiger partial charge in [0.15, 0.2) is 28.8 Å². The van der Waals surface area contributed by atoms with Crippen molar-refractivity contribution >= 4 is 23.1 Å². The molecule has 2 N–H and O–H groups in total. The highest BCUT2D eigenvalue weighted by Gasteiger charge is 2.36. The van der Waals surface area contributed by atoms with Crippen molar-refractivity contribution < 1.29 is 28.5 Å². The Hall–Kier alpha value is -4.46. The fraction of sp³-hybridized carbons (Fsp3) is 0.241. The summed E-state index contributed by atoms with van der Waals surface area (Å²) < 4.78 is 21.8. The molecule has 2 atom stereocenters. The zero-order valence-electron chi connectivity index (χ0n) is 20.5. The van der Waals surface area contributed by atoms with Gasteiger partial charge in [-0.2, -0.15) is 0 Å². The van der Waals surface area contributed by atoms with E-state index in [2.05, 4.69) is 10.6 Å². The molecular formula is C29H26N2O6. The van der Waals surface area contributed by atoms with Crippen molar-refractivity contribution in [1.29, 1.82) is 0 Å². The number of allylic oxidation sites excluding steroid dienone is 1. The highest BCUT2D eigenvalue weighted by atomic mass is 16.7. The monoisotopic (exact) mass is 498 g/mol. The van der Waals surface area contributed by atoms with Gasteiger partial charge in [-0.25, -0.2) is 0 Å². The molecule has 0 saturated heterocycles. The van der Waals surface area contributed by atoms with Crippen molar-refractivity contribution in [2.75, 3.05) is 24.5 Å². The third kappa shape index (κ3) is 4.24. The third-order valence-electron chi connectivity index (χ3n) is 6.95. The fourth-order valence-corrected chi connectivity index (χ4v) is 5.25. The molecule has 8 nitrogen and oxygen atoms in total. The number of para-hydroxylation sites is 2. The molecule has 3 aliphatic rings. The number of methoxy groups -OCH3 is 1. The topological polar surface area (TPSA) is 95.1 Å². The van der Waals surface area contributed by atoms with Crippen LogP contribution in [-0.2, 0) is 9.59 Å². The van der Waals surface area contributed by atoms with Crippen molar-refractivity contribution in [3.8, 4) is 23.0 Å². The molecule has 3 aromatic rings. The Morgan fingerprint density at radius 3 is 2.51 bits per heavy atom. The van der Waals surface area contributed by atoms with Gasteiger partial charge < -0.3 is 29.6 Å². The molecule has 6 rings (SSSR count). The van der Waals surface area contributed by atoms with Gasteiger partial charge in [0.1, 0.15) is 0 Å². The van der Waals surface area contributed by atoms with E-state index in [0.717, 1.165) is 33.9 Å². The van der Waals surface area contributed by atoms with Crippen molar-refractivity contribution in [2.24, 2.45) is 0 Å². The number of fused-ring (bicyclic) bond motifs is 2. The van der Waals surface area contributed by atoms with Crippen LogP contribution in [0.15, 0.2) is 71.9 Å². The number of ether oxygens (including phenoxy) is 4. The standard InChI is InChI=1S/C29H26N2O6/c1-16(32)37-25-10-8-18(14-26(25)34-2)29-28-22(30-20-5-3-4-6-21(20)31-29)11-19(12-23(28)33)17-7-9-24-27(13-17)36-15-35-24/h3-10,13-14,19,29-31H,11-12,15H2,1-2H3. The summed E-state index contributed by atoms with van der Waals surface area (Å²) in [6, 6.07) is 18.7. The lowest BCUT2D eigenvalue weighted by Gasteiger charge is -2.30. The smallest absolute Gasteiger partial charge is 0.308 e. The molecule has 0 aromatic heterocycles. The maximum Gasteiger partial charge on any atom is 0.308 e. The molecule has 0 bridgehead atoms. The van der Waals surface area contributed by atoms with E-state index < -0.39 is 12.0 Å². The van der Waals surface area contributed by atoms with E-state index in [-0.39, 0.29) is 18.5 Å². The highest BCUT2D eigenvalue weighted by Crippen LogP contribution is 2.46. The molecule has 0 saturated carbocycles. The van der Waals surface area contributed by atoms with E-state index in [4.69, 9.17) is 18.9 Å². The van der Waals surface area contributed by atoms with Crippen LogP contribution in [0, 0.1) is 0 Å². The summed E-state index contributed by atoms with van der Waals surface area (Å²) in [7, 11) is 1.52. The normalized spacial score (nSPS) is 19.7. The van der Waals surface area contributed by atoms with E-state index in [1.807, 2.05) is 54.6 Å². The number of hydrogen-bond donors (Lipinski definition) is 2. The van der Waals surface area contributed by atoms with Gasteiger partial charge in [-0.15, -0.1) is 0 Å². The van der Waals surface area contributed by atoms with E-state index >= 15 is 0 Å². The molecule has 0 fully saturated rings. The molecule has 0 spiro atoms. The maximum atomic E-state index is 13.8. The lowest BCUT2D eigenvalue weighted by Crippen LogP contribution is -2.27. The first-order valence-electron chi connectivity index (χ1n) is 12.1. The number of benzene rings is 3. The number of anilines is 2. The number of esters is 1. The van der Waals surface area contributed by atoms with Crippen LogP contribution in [0.4, 0.5) is 11.4 Å². The Kier molecular flexibility index (Phi) is 5.71. The second-order valence-corrected chi connectivity index (χ2v) is 9.29. The zero-order chi connectivity index (χ0) is 25.5. The SMILES string of the molecule is COc1cc(C2Nc3ccccc3NC3=C2C(=O)CC(c2ccc4c(c2)OCO4)C3)ccc1OC(C)=O. The zero-order valence-corrected chi connectivity index (χ0v) is 20.5. The second kappa shape index (κ2) is 9.20. The van der Waals surface area contributed by atoms with Gasteiger partial charge in [0.25, 0.3) is 0 Å². The van der Waals surface area contributed by atoms with Crippen molar-refractivity contribution in [2.45, 2.75) is 31.7 Å². The highest BCUT2D eigenvalue weighted by molar-refractivity contribution is 6.01. The summed E-state index contributed by atoms with van der Waals surface area (Å²) in [5.74, 6) is 1.82. The number of ketones is 1. The largest absolute Gasteiger partial charge is 0.493 e. The lowest BCUT2D eigenvalue weighted by atomic mass is 9.78. The molecule has 188 valence electrons. The van der Waals surface area contributed by atoms with Crippen LogP contribution >= 0.6 is 0 Å². The summed E-state index contributed by atoms with van der Waals surface area (Å²) in [6.07, 6.45) is 1.03. The van der Waals surface area contributed by atoms with E-state index in [9.17, 15) is 9.59 Å². The van der Waals surface area contributed by atoms with Gasteiger partial charge in [-0.3, -0.25) is 9.59 Å². The van der Waals surface area contributed by atoms with Crippen LogP contribution in [0.25, 0.3) is 0 Å². The first-order chi connectivity index (χ1) is 18.0. The molecule has 2 heterocycles. The number of nitrogens with one attached hydrogen (secondary N) is 2. The Morgan fingerprint density at radius 2 is 1.70 bits per heavy atom. The fourth-order valence-electron chi connectivity index (χ4n) is 5.25. The van der Waals surface area contributed by atoms with Gasteiger partial charge in [-0.05, 0) is 59.9 Å². The van der Waals surface area contributed by atoms with Crippen LogP contribution in [-0.4, -0.2) is 25.7 Å². The Balaban J connectivity index is 1.42. The number of Topliss-reactive ketones (excluding diaryl/α,β-unsaturated/α-hetero) is 1. The summed E-state index contributed by atoms with van der Waals surface area (Å²) in [5, 5.41) is 7.11. The minimum absolute atomic E-state index is 0.0000379. The average molecular weight is 499 g/mol. The lowest BCUT2D eigenvalue weighted by molar-refractivity contribution is -0.132. The third-order valence-corrected chi connectivity index (χ3v) is 6.95. The van der Waals surface area contributed by atoms with Gasteiger partial charge in [0.2, 0.25) is 6.79 Å². The Labute approximate surface area is 214 Å². The van der Waals surface area contributed by atoms with Crippen LogP contribution < -0.4 is 29.6 Å². The first-order valence-corrected chi connectivity index (χ1v) is 12.1. The molecule has 2 unspecified atom stereocenters. The minimum atomic E-state index is -0.432. The van der Waals surface area contributed by atoms with Crippen LogP contribution in [0.5, 0.6) is 23.0 Å². The Morgan fingerprint density at radius 1 is 0.919 bits per heavy atom. The number of hydrogen-bond acceptors (Lipinski definition) is 8. The second-order valence-electron chi connectivity index (χ2n) is 9.29. The number of carbonyl (C=O) groups is 2. The number of carbonyl (C=O) groups excluding carboxylic acids is 2. The molecule has 1 aliphatic carbocycles. The predicted molar refractivity (Wildman–Crippen MR) is 137 cm³/mol. The summed E-state index contributed by atoms with van der Waals surface area (Å²) in [4.78, 5) is 25.3. The minimum Gasteiger partial charge on any atom is -0.493 e. The number of rotatable bonds is 4. The molecular weight excluding hydrogens is 472 g/mol. The van der Waals surface area contributed by atoms with Gasteiger partial charge in [-0.1, -0.05) is 24.3 Å². The predicted octanol–water partition coefficient (Wildman–Crippen LogP) is 5.33. The Bertz CT molecular complexity index is 1450. The molecule has 37 heavy (non-hydrogen) atoms. The summed E-state index contributed by atoms with van der Waals surface area (Å²) in [5.41, 5.74) is 5.23. The van der Waals surface area contributed by atoms with Crippen molar-refractivity contribution in [1.82, 2.24) is 0 Å². The molecule has 0 amide bonds. The first kappa shape index (κ1) is 23.0. The van der Waals surface area contributed by atoms with Crippen molar-refractivity contribution in [3.63, 3.8) is 0 Å². The quantitative estimate of drug-likeness (QED) is 0.368. The molecule has 8 heteroatoms. The van der Waals surface area contributed by atoms with E-state index in [0.29, 0.717) is 35.7 Å². The summed E-state index contributed by atoms with van der Waals surface area (Å²) in [6.45, 7) is 1.56. The van der Waals surface area contributed by atoms with Crippen LogP contribution in [0.3, 0.4) is 0 Å². The average Bonchev–Trinajstić information content (AvgIpc) is 3.29. The molecule has 2 aliphatic heterocycles. The van der Waals surface area contributed by atoms with Crippen molar-refractivity contribution in [3.05, 3.63) is 83.1 Å². The van der Waals surface area contributed by atoms with Gasteiger partial charge >= 0.3 is 5.97 Å². The summed E-state index contributed by atoms with van der Waals surface area (Å²) >= 11 is 0.